The number of nitrogens with two attached hydrogens (primary N) is 1. The molecule has 21 heavy (non-hydrogen) atoms. The topological polar surface area (TPSA) is 87.5 Å². The van der Waals surface area contributed by atoms with Crippen molar-refractivity contribution in [3.63, 3.8) is 0 Å². The fraction of sp³-hybridized carbons (Fsp3) is 0.429. The summed E-state index contributed by atoms with van der Waals surface area (Å²) in [5.41, 5.74) is 5.88. The first-order valence-electron chi connectivity index (χ1n) is 6.88. The Morgan fingerprint density at radius 3 is 2.71 bits per heavy atom. The second-order valence-corrected chi connectivity index (χ2v) is 5.84. The molecule has 0 bridgehead atoms. The fourth-order valence-corrected chi connectivity index (χ4v) is 2.85. The Hall–Kier alpha value is -1.57. The minimum Gasteiger partial charge on any atom is -0.369 e. The van der Waals surface area contributed by atoms with Crippen LogP contribution in [0.5, 0.6) is 0 Å². The highest BCUT2D eigenvalue weighted by Gasteiger charge is 2.14. The van der Waals surface area contributed by atoms with Crippen molar-refractivity contribution in [2.24, 2.45) is 5.73 Å². The number of benzene rings is 1. The number of anilines is 1. The largest absolute Gasteiger partial charge is 0.369 e. The molecule has 0 saturated carbocycles. The van der Waals surface area contributed by atoms with Crippen LogP contribution in [-0.2, 0) is 9.59 Å². The number of hydrogen-bond acceptors (Lipinski definition) is 5. The molecule has 2 amide bonds. The van der Waals surface area contributed by atoms with Crippen molar-refractivity contribution < 1.29 is 9.59 Å². The number of piperazine rings is 1. The van der Waals surface area contributed by atoms with E-state index in [9.17, 15) is 9.59 Å². The van der Waals surface area contributed by atoms with Crippen LogP contribution in [0.25, 0.3) is 0 Å². The van der Waals surface area contributed by atoms with Crippen molar-refractivity contribution in [3.8, 4) is 0 Å². The second kappa shape index (κ2) is 8.02. The molecule has 0 radical (unpaired) electrons. The van der Waals surface area contributed by atoms with Gasteiger partial charge in [-0.05, 0) is 12.1 Å². The predicted molar refractivity (Wildman–Crippen MR) is 84.3 cm³/mol. The minimum absolute atomic E-state index is 0.0379. The van der Waals surface area contributed by atoms with Crippen LogP contribution in [0.1, 0.15) is 0 Å². The molecule has 1 fully saturated rings. The lowest BCUT2D eigenvalue weighted by molar-refractivity contribution is -0.117. The predicted octanol–water partition coefficient (Wildman–Crippen LogP) is 0.108. The van der Waals surface area contributed by atoms with Gasteiger partial charge in [0.15, 0.2) is 0 Å². The van der Waals surface area contributed by atoms with Gasteiger partial charge in [-0.15, -0.1) is 11.8 Å². The van der Waals surface area contributed by atoms with E-state index in [2.05, 4.69) is 15.5 Å². The number of rotatable bonds is 6. The Morgan fingerprint density at radius 2 is 2.00 bits per heavy atom. The van der Waals surface area contributed by atoms with E-state index in [1.54, 1.807) is 0 Å². The van der Waals surface area contributed by atoms with Gasteiger partial charge in [0.2, 0.25) is 11.8 Å². The maximum absolute atomic E-state index is 12.1. The molecule has 114 valence electrons. The first-order valence-corrected chi connectivity index (χ1v) is 7.87. The average Bonchev–Trinajstić information content (AvgIpc) is 2.47. The Balaban J connectivity index is 1.91. The highest BCUT2D eigenvalue weighted by molar-refractivity contribution is 8.00. The maximum Gasteiger partial charge on any atom is 0.238 e. The zero-order valence-electron chi connectivity index (χ0n) is 11.8. The van der Waals surface area contributed by atoms with Crippen molar-refractivity contribution in [1.29, 1.82) is 0 Å². The number of primary amides is 1. The third-order valence-electron chi connectivity index (χ3n) is 3.11. The lowest BCUT2D eigenvalue weighted by Gasteiger charge is -2.26. The summed E-state index contributed by atoms with van der Waals surface area (Å²) in [6.45, 7) is 3.98. The van der Waals surface area contributed by atoms with Crippen molar-refractivity contribution in [2.75, 3.05) is 43.8 Å². The van der Waals surface area contributed by atoms with E-state index in [1.807, 2.05) is 24.3 Å². The number of carbonyl (C=O) groups is 2. The van der Waals surface area contributed by atoms with Crippen LogP contribution >= 0.6 is 11.8 Å². The number of nitrogens with zero attached hydrogens (tertiary/aromatic N) is 1. The number of nitrogens with one attached hydrogen (secondary N) is 2. The molecule has 7 heteroatoms. The molecule has 1 saturated heterocycles. The highest BCUT2D eigenvalue weighted by atomic mass is 32.2. The van der Waals surface area contributed by atoms with Gasteiger partial charge < -0.3 is 16.4 Å². The zero-order chi connectivity index (χ0) is 15.1. The molecule has 1 heterocycles. The Morgan fingerprint density at radius 1 is 1.29 bits per heavy atom. The van der Waals surface area contributed by atoms with Gasteiger partial charge in [-0.1, -0.05) is 12.1 Å². The van der Waals surface area contributed by atoms with E-state index in [1.165, 1.54) is 11.8 Å². The second-order valence-electron chi connectivity index (χ2n) is 4.83. The lowest BCUT2D eigenvalue weighted by atomic mass is 10.3. The van der Waals surface area contributed by atoms with Crippen LogP contribution in [-0.4, -0.2) is 55.2 Å². The van der Waals surface area contributed by atoms with Gasteiger partial charge in [-0.25, -0.2) is 0 Å². The first-order chi connectivity index (χ1) is 10.1. The van der Waals surface area contributed by atoms with Crippen LogP contribution in [0, 0.1) is 0 Å². The number of carbonyl (C=O) groups excluding carboxylic acids is 2. The molecular formula is C14H20N4O2S. The summed E-state index contributed by atoms with van der Waals surface area (Å²) in [4.78, 5) is 25.9. The molecule has 0 spiro atoms. The molecule has 4 N–H and O–H groups in total. The molecule has 1 aliphatic rings. The van der Waals surface area contributed by atoms with E-state index in [0.29, 0.717) is 6.54 Å². The third kappa shape index (κ3) is 5.37. The molecule has 0 unspecified atom stereocenters. The van der Waals surface area contributed by atoms with Crippen LogP contribution in [0.4, 0.5) is 5.69 Å². The Bertz CT molecular complexity index is 504. The van der Waals surface area contributed by atoms with Crippen molar-refractivity contribution in [1.82, 2.24) is 10.2 Å². The van der Waals surface area contributed by atoms with Gasteiger partial charge in [-0.3, -0.25) is 14.5 Å². The Labute approximate surface area is 128 Å². The van der Waals surface area contributed by atoms with Crippen molar-refractivity contribution >= 4 is 29.3 Å². The van der Waals surface area contributed by atoms with Crippen LogP contribution in [0.15, 0.2) is 29.2 Å². The molecule has 1 aromatic rings. The summed E-state index contributed by atoms with van der Waals surface area (Å²) in [6, 6.07) is 7.43. The molecule has 6 nitrogen and oxygen atoms in total. The summed E-state index contributed by atoms with van der Waals surface area (Å²) in [7, 11) is 0. The van der Waals surface area contributed by atoms with Crippen LogP contribution in [0.3, 0.4) is 0 Å². The number of para-hydroxylation sites is 1. The van der Waals surface area contributed by atoms with E-state index < -0.39 is 0 Å². The SMILES string of the molecule is NC(=O)CSc1ccccc1NC(=O)CN1CCNCC1. The quantitative estimate of drug-likeness (QED) is 0.649. The van der Waals surface area contributed by atoms with Crippen molar-refractivity contribution in [3.05, 3.63) is 24.3 Å². The molecule has 0 aliphatic carbocycles. The van der Waals surface area contributed by atoms with E-state index in [-0.39, 0.29) is 17.6 Å². The summed E-state index contributed by atoms with van der Waals surface area (Å²) in [5, 5.41) is 6.16. The summed E-state index contributed by atoms with van der Waals surface area (Å²) in [5.74, 6) is -0.212. The summed E-state index contributed by atoms with van der Waals surface area (Å²) in [6.07, 6.45) is 0. The third-order valence-corrected chi connectivity index (χ3v) is 4.20. The molecular weight excluding hydrogens is 288 g/mol. The highest BCUT2D eigenvalue weighted by Crippen LogP contribution is 2.26. The molecule has 0 aromatic heterocycles. The fourth-order valence-electron chi connectivity index (χ4n) is 2.11. The lowest BCUT2D eigenvalue weighted by Crippen LogP contribution is -2.46. The standard InChI is InChI=1S/C14H20N4O2S/c15-13(19)10-21-12-4-2-1-3-11(12)17-14(20)9-18-7-5-16-6-8-18/h1-4,16H,5-10H2,(H2,15,19)(H,17,20). The van der Waals surface area contributed by atoms with E-state index >= 15 is 0 Å². The smallest absolute Gasteiger partial charge is 0.238 e. The van der Waals surface area contributed by atoms with E-state index in [0.717, 1.165) is 36.8 Å². The Kier molecular flexibility index (Phi) is 6.04. The van der Waals surface area contributed by atoms with Gasteiger partial charge in [-0.2, -0.15) is 0 Å². The monoisotopic (exact) mass is 308 g/mol. The first kappa shape index (κ1) is 15.8. The van der Waals surface area contributed by atoms with Crippen LogP contribution in [0.2, 0.25) is 0 Å². The zero-order valence-corrected chi connectivity index (χ0v) is 12.6. The number of amides is 2. The normalized spacial score (nSPS) is 15.6. The molecule has 2 rings (SSSR count). The maximum atomic E-state index is 12.1. The number of thioether (sulfide) groups is 1. The summed E-state index contributed by atoms with van der Waals surface area (Å²) >= 11 is 1.33. The number of hydrogen-bond donors (Lipinski definition) is 3. The van der Waals surface area contributed by atoms with Gasteiger partial charge >= 0.3 is 0 Å². The molecule has 1 aliphatic heterocycles. The van der Waals surface area contributed by atoms with Gasteiger partial charge in [0, 0.05) is 31.1 Å². The van der Waals surface area contributed by atoms with Gasteiger partial charge in [0.25, 0.3) is 0 Å². The summed E-state index contributed by atoms with van der Waals surface area (Å²) < 4.78 is 0. The van der Waals surface area contributed by atoms with Gasteiger partial charge in [0.05, 0.1) is 18.0 Å². The molecule has 1 aromatic carbocycles. The molecule has 0 atom stereocenters. The van der Waals surface area contributed by atoms with Crippen molar-refractivity contribution in [2.45, 2.75) is 4.90 Å². The van der Waals surface area contributed by atoms with Crippen LogP contribution < -0.4 is 16.4 Å². The minimum atomic E-state index is -0.373. The van der Waals surface area contributed by atoms with Gasteiger partial charge in [0.1, 0.15) is 0 Å². The average molecular weight is 308 g/mol. The van der Waals surface area contributed by atoms with E-state index in [4.69, 9.17) is 5.73 Å².